The van der Waals surface area contributed by atoms with Crippen LogP contribution in [0.5, 0.6) is 0 Å². The average Bonchev–Trinajstić information content (AvgIpc) is 2.74. The van der Waals surface area contributed by atoms with E-state index >= 15 is 0 Å². The SMILES string of the molecule is CCC(C)C(=O)Nc1cc(S(=O)(=O)N2CCOCC2)ccc1N1CCOCC1. The molecule has 0 saturated carbocycles. The summed E-state index contributed by atoms with van der Waals surface area (Å²) in [5, 5.41) is 2.94. The van der Waals surface area contributed by atoms with Crippen molar-refractivity contribution in [3.05, 3.63) is 18.2 Å². The summed E-state index contributed by atoms with van der Waals surface area (Å²) in [7, 11) is -3.63. The van der Waals surface area contributed by atoms with Crippen molar-refractivity contribution in [2.75, 3.05) is 62.8 Å². The van der Waals surface area contributed by atoms with Gasteiger partial charge in [0.05, 0.1) is 42.7 Å². The lowest BCUT2D eigenvalue weighted by atomic mass is 10.1. The van der Waals surface area contributed by atoms with Crippen molar-refractivity contribution < 1.29 is 22.7 Å². The first kappa shape index (κ1) is 21.0. The van der Waals surface area contributed by atoms with Gasteiger partial charge in [-0.05, 0) is 24.6 Å². The third-order valence-corrected chi connectivity index (χ3v) is 7.14. The third kappa shape index (κ3) is 4.65. The Morgan fingerprint density at radius 3 is 2.32 bits per heavy atom. The van der Waals surface area contributed by atoms with Gasteiger partial charge in [-0.25, -0.2) is 8.42 Å². The minimum absolute atomic E-state index is 0.113. The predicted octanol–water partition coefficient (Wildman–Crippen LogP) is 1.53. The van der Waals surface area contributed by atoms with Crippen molar-refractivity contribution >= 4 is 27.3 Å². The summed E-state index contributed by atoms with van der Waals surface area (Å²) in [6.45, 7) is 7.86. The molecule has 1 aromatic rings. The molecule has 0 aliphatic carbocycles. The number of hydrogen-bond donors (Lipinski definition) is 1. The molecule has 9 heteroatoms. The molecule has 0 aromatic heterocycles. The Bertz CT molecular complexity index is 787. The molecule has 2 saturated heterocycles. The zero-order chi connectivity index (χ0) is 20.1. The van der Waals surface area contributed by atoms with E-state index in [1.807, 2.05) is 13.8 Å². The highest BCUT2D eigenvalue weighted by atomic mass is 32.2. The summed E-state index contributed by atoms with van der Waals surface area (Å²) in [6.07, 6.45) is 0.713. The topological polar surface area (TPSA) is 88.2 Å². The lowest BCUT2D eigenvalue weighted by Crippen LogP contribution is -2.40. The monoisotopic (exact) mass is 411 g/mol. The summed E-state index contributed by atoms with van der Waals surface area (Å²) < 4.78 is 38.2. The molecule has 1 aromatic carbocycles. The molecule has 156 valence electrons. The van der Waals surface area contributed by atoms with E-state index in [9.17, 15) is 13.2 Å². The number of ether oxygens (including phenoxy) is 2. The van der Waals surface area contributed by atoms with E-state index in [0.29, 0.717) is 64.7 Å². The first-order valence-electron chi connectivity index (χ1n) is 9.79. The summed E-state index contributed by atoms with van der Waals surface area (Å²) in [5.41, 5.74) is 1.35. The number of anilines is 2. The first-order valence-corrected chi connectivity index (χ1v) is 11.2. The van der Waals surface area contributed by atoms with Crippen LogP contribution >= 0.6 is 0 Å². The lowest BCUT2D eigenvalue weighted by Gasteiger charge is -2.31. The van der Waals surface area contributed by atoms with Gasteiger partial charge in [0, 0.05) is 32.1 Å². The van der Waals surface area contributed by atoms with Crippen molar-refractivity contribution in [2.45, 2.75) is 25.2 Å². The van der Waals surface area contributed by atoms with Gasteiger partial charge >= 0.3 is 0 Å². The van der Waals surface area contributed by atoms with Gasteiger partial charge in [-0.1, -0.05) is 13.8 Å². The van der Waals surface area contributed by atoms with Crippen LogP contribution in [0.3, 0.4) is 0 Å². The summed E-state index contributed by atoms with van der Waals surface area (Å²) in [6, 6.07) is 4.98. The molecule has 1 amide bonds. The smallest absolute Gasteiger partial charge is 0.243 e. The molecular weight excluding hydrogens is 382 g/mol. The van der Waals surface area contributed by atoms with Gasteiger partial charge in [-0.2, -0.15) is 4.31 Å². The van der Waals surface area contributed by atoms with Crippen LogP contribution < -0.4 is 10.2 Å². The highest BCUT2D eigenvalue weighted by Crippen LogP contribution is 2.31. The van der Waals surface area contributed by atoms with Crippen LogP contribution in [0.2, 0.25) is 0 Å². The molecule has 2 aliphatic rings. The maximum atomic E-state index is 13.0. The minimum atomic E-state index is -3.63. The molecule has 8 nitrogen and oxygen atoms in total. The number of nitrogens with zero attached hydrogens (tertiary/aromatic N) is 2. The van der Waals surface area contributed by atoms with Crippen molar-refractivity contribution in [3.8, 4) is 0 Å². The quantitative estimate of drug-likeness (QED) is 0.764. The number of nitrogens with one attached hydrogen (secondary N) is 1. The molecular formula is C19H29N3O5S. The van der Waals surface area contributed by atoms with Crippen LogP contribution in [0.15, 0.2) is 23.1 Å². The van der Waals surface area contributed by atoms with Crippen LogP contribution in [0.4, 0.5) is 11.4 Å². The zero-order valence-corrected chi connectivity index (χ0v) is 17.3. The van der Waals surface area contributed by atoms with Gasteiger partial charge in [-0.3, -0.25) is 4.79 Å². The second kappa shape index (κ2) is 9.21. The van der Waals surface area contributed by atoms with E-state index in [-0.39, 0.29) is 16.7 Å². The molecule has 2 heterocycles. The van der Waals surface area contributed by atoms with E-state index in [1.165, 1.54) is 4.31 Å². The fourth-order valence-electron chi connectivity index (χ4n) is 3.23. The molecule has 2 fully saturated rings. The van der Waals surface area contributed by atoms with Crippen LogP contribution in [-0.4, -0.2) is 71.2 Å². The van der Waals surface area contributed by atoms with Crippen LogP contribution in [0.1, 0.15) is 20.3 Å². The van der Waals surface area contributed by atoms with Crippen molar-refractivity contribution in [1.29, 1.82) is 0 Å². The van der Waals surface area contributed by atoms with Gasteiger partial charge in [-0.15, -0.1) is 0 Å². The van der Waals surface area contributed by atoms with E-state index < -0.39 is 10.0 Å². The third-order valence-electron chi connectivity index (χ3n) is 5.25. The molecule has 28 heavy (non-hydrogen) atoms. The Morgan fingerprint density at radius 2 is 1.71 bits per heavy atom. The average molecular weight is 412 g/mol. The standard InChI is InChI=1S/C19H29N3O5S/c1-3-15(2)19(23)20-17-14-16(28(24,25)22-8-12-27-13-9-22)4-5-18(17)21-6-10-26-11-7-21/h4-5,14-15H,3,6-13H2,1-2H3,(H,20,23). The number of amides is 1. The van der Waals surface area contributed by atoms with Gasteiger partial charge in [0.25, 0.3) is 0 Å². The summed E-state index contributed by atoms with van der Waals surface area (Å²) in [4.78, 5) is 14.8. The summed E-state index contributed by atoms with van der Waals surface area (Å²) in [5.74, 6) is -0.269. The minimum Gasteiger partial charge on any atom is -0.379 e. The summed E-state index contributed by atoms with van der Waals surface area (Å²) >= 11 is 0. The van der Waals surface area contributed by atoms with Gasteiger partial charge < -0.3 is 19.7 Å². The lowest BCUT2D eigenvalue weighted by molar-refractivity contribution is -0.119. The number of carbonyl (C=O) groups is 1. The van der Waals surface area contributed by atoms with E-state index in [2.05, 4.69) is 10.2 Å². The van der Waals surface area contributed by atoms with Gasteiger partial charge in [0.2, 0.25) is 15.9 Å². The first-order chi connectivity index (χ1) is 13.4. The molecule has 0 bridgehead atoms. The zero-order valence-electron chi connectivity index (χ0n) is 16.5. The van der Waals surface area contributed by atoms with E-state index in [4.69, 9.17) is 9.47 Å². The second-order valence-corrected chi connectivity index (χ2v) is 9.03. The largest absolute Gasteiger partial charge is 0.379 e. The van der Waals surface area contributed by atoms with Crippen LogP contribution in [0, 0.1) is 5.92 Å². The predicted molar refractivity (Wildman–Crippen MR) is 107 cm³/mol. The molecule has 1 unspecified atom stereocenters. The number of carbonyl (C=O) groups excluding carboxylic acids is 1. The molecule has 3 rings (SSSR count). The van der Waals surface area contributed by atoms with Gasteiger partial charge in [0.15, 0.2) is 0 Å². The second-order valence-electron chi connectivity index (χ2n) is 7.09. The number of hydrogen-bond acceptors (Lipinski definition) is 6. The number of morpholine rings is 2. The Kier molecular flexibility index (Phi) is 6.92. The molecule has 0 spiro atoms. The van der Waals surface area contributed by atoms with Crippen LogP contribution in [0.25, 0.3) is 0 Å². The highest BCUT2D eigenvalue weighted by Gasteiger charge is 2.28. The van der Waals surface area contributed by atoms with Crippen LogP contribution in [-0.2, 0) is 24.3 Å². The Morgan fingerprint density at radius 1 is 1.11 bits per heavy atom. The number of benzene rings is 1. The van der Waals surface area contributed by atoms with Crippen molar-refractivity contribution in [1.82, 2.24) is 4.31 Å². The fourth-order valence-corrected chi connectivity index (χ4v) is 4.67. The molecule has 1 atom stereocenters. The van der Waals surface area contributed by atoms with E-state index in [0.717, 1.165) is 5.69 Å². The maximum absolute atomic E-state index is 13.0. The highest BCUT2D eigenvalue weighted by molar-refractivity contribution is 7.89. The Hall–Kier alpha value is -1.68. The maximum Gasteiger partial charge on any atom is 0.243 e. The number of rotatable bonds is 6. The van der Waals surface area contributed by atoms with E-state index in [1.54, 1.807) is 18.2 Å². The van der Waals surface area contributed by atoms with Crippen molar-refractivity contribution in [3.63, 3.8) is 0 Å². The fraction of sp³-hybridized carbons (Fsp3) is 0.632. The Balaban J connectivity index is 1.94. The Labute approximate surface area is 166 Å². The molecule has 2 aliphatic heterocycles. The molecule has 0 radical (unpaired) electrons. The number of sulfonamides is 1. The molecule has 1 N–H and O–H groups in total. The normalized spacial score (nSPS) is 20.0. The van der Waals surface area contributed by atoms with Gasteiger partial charge in [0.1, 0.15) is 0 Å². The van der Waals surface area contributed by atoms with Crippen molar-refractivity contribution in [2.24, 2.45) is 5.92 Å².